The largest absolute Gasteiger partial charge is 0.147 e. The maximum Gasteiger partial charge on any atom is -0.147 e. The monoisotopic (exact) mass is 586 g/mol. The summed E-state index contributed by atoms with van der Waals surface area (Å²) in [7, 11) is -1.53. The van der Waals surface area contributed by atoms with Gasteiger partial charge in [0.25, 0.3) is 0 Å². The van der Waals surface area contributed by atoms with Crippen molar-refractivity contribution in [2.24, 2.45) is 0 Å². The van der Waals surface area contributed by atoms with Gasteiger partial charge in [-0.15, -0.1) is 24.8 Å². The van der Waals surface area contributed by atoms with Crippen LogP contribution in [0.1, 0.15) is 49.4 Å². The molecule has 0 aromatic heterocycles. The molecule has 1 aliphatic rings. The van der Waals surface area contributed by atoms with Crippen molar-refractivity contribution in [3.8, 4) is 5.75 Å². The molecule has 0 saturated carbocycles. The minimum absolute atomic E-state index is 0. The Morgan fingerprint density at radius 1 is 0.811 bits per heavy atom. The quantitative estimate of drug-likeness (QED) is 0.261. The van der Waals surface area contributed by atoms with Crippen LogP contribution in [0, 0.1) is 6.92 Å². The molecule has 5 heteroatoms. The summed E-state index contributed by atoms with van der Waals surface area (Å²) in [5.41, 5.74) is 5.23. The fraction of sp³-hybridized carbons (Fsp3) is 0.281. The molecule has 0 amide bonds. The van der Waals surface area contributed by atoms with Crippen LogP contribution in [0.15, 0.2) is 100 Å². The fourth-order valence-electron chi connectivity index (χ4n) is 4.68. The Kier molecular flexibility index (Phi) is 11.0. The summed E-state index contributed by atoms with van der Waals surface area (Å²) < 4.78 is 10.2. The summed E-state index contributed by atoms with van der Waals surface area (Å²) >= 11 is -2.45. The van der Waals surface area contributed by atoms with Crippen LogP contribution in [0.2, 0.25) is 19.6 Å². The Labute approximate surface area is 243 Å². The van der Waals surface area contributed by atoms with Crippen LogP contribution in [-0.4, -0.2) is 11.9 Å². The van der Waals surface area contributed by atoms with E-state index in [0.717, 1.165) is 12.2 Å². The SMILES string of the molecule is Cc1cc([O][Ti]([C]2=C([Si](C)(C)C)C=CC2)=[C](c2ccccc2)c2ccccc2)cc(C(C)(C)C)c1.Cl.Cl. The van der Waals surface area contributed by atoms with Crippen LogP contribution in [0.3, 0.4) is 0 Å². The van der Waals surface area contributed by atoms with Gasteiger partial charge in [-0.1, -0.05) is 0 Å². The molecule has 0 fully saturated rings. The molecule has 1 aliphatic carbocycles. The van der Waals surface area contributed by atoms with Crippen molar-refractivity contribution in [2.45, 2.75) is 59.2 Å². The molecule has 0 aliphatic heterocycles. The Balaban J connectivity index is 0.00000241. The standard InChI is InChI=1S/C13H10.C11H16O.C8H13Si.2ClH.Ti/c1-3-7-12(8-4-1)11-13-9-5-2-6-10-13;1-8-5-9(11(2,3)4)7-10(12)6-8;1-9(2,3)8-6-4-5-7-8;;;/h1-10H;5-7,12H,1-4H3;4,6H,5H2,1-3H3;2*1H;/q;;;;;+1/p-1. The van der Waals surface area contributed by atoms with Crippen LogP contribution in [0.5, 0.6) is 5.75 Å². The van der Waals surface area contributed by atoms with Crippen molar-refractivity contribution in [1.29, 1.82) is 0 Å². The van der Waals surface area contributed by atoms with Crippen molar-refractivity contribution in [3.63, 3.8) is 0 Å². The molecule has 196 valence electrons. The molecular weight excluding hydrogens is 547 g/mol. The van der Waals surface area contributed by atoms with E-state index in [1.807, 2.05) is 0 Å². The molecule has 4 rings (SSSR count). The first-order valence-electron chi connectivity index (χ1n) is 12.6. The van der Waals surface area contributed by atoms with Gasteiger partial charge in [0, 0.05) is 0 Å². The molecule has 0 atom stereocenters. The first-order chi connectivity index (χ1) is 16.5. The first-order valence-corrected chi connectivity index (χ1v) is 18.3. The van der Waals surface area contributed by atoms with Gasteiger partial charge in [0.1, 0.15) is 0 Å². The third-order valence-corrected chi connectivity index (χ3v) is 12.9. The minimum atomic E-state index is -2.45. The van der Waals surface area contributed by atoms with Crippen molar-refractivity contribution in [2.75, 3.05) is 0 Å². The molecule has 0 spiro atoms. The second kappa shape index (κ2) is 12.9. The molecule has 37 heavy (non-hydrogen) atoms. The molecule has 0 unspecified atom stereocenters. The van der Waals surface area contributed by atoms with Gasteiger partial charge in [-0.25, -0.2) is 0 Å². The number of hydrogen-bond donors (Lipinski definition) is 0. The minimum Gasteiger partial charge on any atom is -0.147 e. The van der Waals surface area contributed by atoms with E-state index in [1.54, 1.807) is 9.07 Å². The van der Waals surface area contributed by atoms with Gasteiger partial charge in [-0.3, -0.25) is 0 Å². The smallest absolute Gasteiger partial charge is 0.147 e. The second-order valence-corrected chi connectivity index (χ2v) is 19.7. The van der Waals surface area contributed by atoms with Gasteiger partial charge >= 0.3 is 220 Å². The third kappa shape index (κ3) is 7.68. The normalized spacial score (nSPS) is 13.1. The third-order valence-electron chi connectivity index (χ3n) is 6.50. The van der Waals surface area contributed by atoms with Gasteiger partial charge < -0.3 is 0 Å². The predicted molar refractivity (Wildman–Crippen MR) is 165 cm³/mol. The summed E-state index contributed by atoms with van der Waals surface area (Å²) in [5.74, 6) is 1.02. The van der Waals surface area contributed by atoms with Crippen molar-refractivity contribution in [3.05, 3.63) is 122 Å². The van der Waals surface area contributed by atoms with Gasteiger partial charge in [0.2, 0.25) is 0 Å². The molecule has 1 nitrogen and oxygen atoms in total. The zero-order chi connectivity index (χ0) is 25.2. The van der Waals surface area contributed by atoms with E-state index in [4.69, 9.17) is 3.32 Å². The average molecular weight is 588 g/mol. The second-order valence-electron chi connectivity index (χ2n) is 11.6. The van der Waals surface area contributed by atoms with Gasteiger partial charge in [-0.05, 0) is 0 Å². The van der Waals surface area contributed by atoms with E-state index >= 15 is 0 Å². The summed E-state index contributed by atoms with van der Waals surface area (Å²) in [4.78, 5) is 0. The van der Waals surface area contributed by atoms with Crippen LogP contribution < -0.4 is 3.32 Å². The van der Waals surface area contributed by atoms with E-state index in [2.05, 4.69) is 138 Å². The molecule has 0 bridgehead atoms. The predicted octanol–water partition coefficient (Wildman–Crippen LogP) is 9.41. The first kappa shape index (κ1) is 31.5. The van der Waals surface area contributed by atoms with Crippen LogP contribution in [0.25, 0.3) is 0 Å². The zero-order valence-corrected chi connectivity index (χ0v) is 27.3. The van der Waals surface area contributed by atoms with Crippen molar-refractivity contribution >= 4 is 36.7 Å². The zero-order valence-electron chi connectivity index (χ0n) is 23.1. The molecule has 3 aromatic carbocycles. The maximum absolute atomic E-state index is 7.27. The van der Waals surface area contributed by atoms with Crippen LogP contribution in [-0.2, 0) is 23.2 Å². The van der Waals surface area contributed by atoms with E-state index in [9.17, 15) is 0 Å². The number of rotatable bonds is 6. The summed E-state index contributed by atoms with van der Waals surface area (Å²) in [6.07, 6.45) is 5.78. The number of benzene rings is 3. The number of allylic oxidation sites excluding steroid dienone is 4. The fourth-order valence-corrected chi connectivity index (χ4v) is 12.2. The van der Waals surface area contributed by atoms with Gasteiger partial charge in [-0.2, -0.15) is 0 Å². The number of aryl methyl sites for hydroxylation is 1. The van der Waals surface area contributed by atoms with E-state index in [-0.39, 0.29) is 30.2 Å². The molecule has 0 N–H and O–H groups in total. The van der Waals surface area contributed by atoms with Gasteiger partial charge in [0.15, 0.2) is 0 Å². The molecule has 0 saturated heterocycles. The Morgan fingerprint density at radius 3 is 1.84 bits per heavy atom. The van der Waals surface area contributed by atoms with Crippen molar-refractivity contribution in [1.82, 2.24) is 0 Å². The Bertz CT molecular complexity index is 1260. The number of hydrogen-bond acceptors (Lipinski definition) is 1. The summed E-state index contributed by atoms with van der Waals surface area (Å²) in [5, 5.41) is 1.58. The summed E-state index contributed by atoms with van der Waals surface area (Å²) in [6.45, 7) is 16.4. The Hall–Kier alpha value is -1.68. The summed E-state index contributed by atoms with van der Waals surface area (Å²) in [6, 6.07) is 28.7. The molecule has 3 aromatic rings. The van der Waals surface area contributed by atoms with E-state index in [0.29, 0.717) is 0 Å². The van der Waals surface area contributed by atoms with Crippen LogP contribution in [0.4, 0.5) is 0 Å². The molecule has 0 radical (unpaired) electrons. The number of halogens is 2. The average Bonchev–Trinajstić information content (AvgIpc) is 3.30. The van der Waals surface area contributed by atoms with E-state index < -0.39 is 25.9 Å². The van der Waals surface area contributed by atoms with Gasteiger partial charge in [0.05, 0.1) is 0 Å². The molecular formula is C32H40Cl2OSiTi. The molecule has 0 heterocycles. The van der Waals surface area contributed by atoms with Crippen molar-refractivity contribution < 1.29 is 21.1 Å². The topological polar surface area (TPSA) is 9.23 Å². The van der Waals surface area contributed by atoms with Crippen LogP contribution >= 0.6 is 24.8 Å². The Morgan fingerprint density at radius 2 is 1.35 bits per heavy atom. The maximum atomic E-state index is 7.27. The van der Waals surface area contributed by atoms with E-state index in [1.165, 1.54) is 26.1 Å².